The molecule has 1 aromatic carbocycles. The van der Waals surface area contributed by atoms with Crippen molar-refractivity contribution < 1.29 is 14.3 Å². The van der Waals surface area contributed by atoms with Gasteiger partial charge in [0.1, 0.15) is 5.75 Å². The molecule has 0 radical (unpaired) electrons. The standard InChI is InChI=1S/C21H28N2O3S/c1-7-8-23-16-11-17(26-6)14(9-15(16)13(2)12-21(23,3)4)10-18-19(24)22(5)20(25)27-18/h9-11,13H,7-8,12H2,1-6H3/b18-10-. The number of benzene rings is 1. The highest BCUT2D eigenvalue weighted by Crippen LogP contribution is 2.46. The number of nitrogens with zero attached hydrogens (tertiary/aromatic N) is 2. The van der Waals surface area contributed by atoms with Gasteiger partial charge in [-0.05, 0) is 62.1 Å². The zero-order chi connectivity index (χ0) is 19.9. The van der Waals surface area contributed by atoms with E-state index in [1.165, 1.54) is 18.3 Å². The van der Waals surface area contributed by atoms with Crippen molar-refractivity contribution in [1.82, 2.24) is 4.90 Å². The first-order chi connectivity index (χ1) is 12.7. The average molecular weight is 389 g/mol. The summed E-state index contributed by atoms with van der Waals surface area (Å²) in [7, 11) is 3.15. The third-order valence-electron chi connectivity index (χ3n) is 5.46. The maximum absolute atomic E-state index is 12.3. The normalized spacial score (nSPS) is 23.2. The lowest BCUT2D eigenvalue weighted by Crippen LogP contribution is -2.48. The molecular formula is C21H28N2O3S. The Kier molecular flexibility index (Phi) is 5.30. The second kappa shape index (κ2) is 7.23. The fraction of sp³-hybridized carbons (Fsp3) is 0.524. The summed E-state index contributed by atoms with van der Waals surface area (Å²) in [5, 5.41) is -0.243. The van der Waals surface area contributed by atoms with Gasteiger partial charge in [0, 0.05) is 36.4 Å². The zero-order valence-electron chi connectivity index (χ0n) is 17.0. The summed E-state index contributed by atoms with van der Waals surface area (Å²) in [6, 6.07) is 4.21. The molecule has 2 amide bonds. The molecular weight excluding hydrogens is 360 g/mol. The number of ether oxygens (including phenoxy) is 1. The molecule has 0 bridgehead atoms. The lowest BCUT2D eigenvalue weighted by Gasteiger charge is -2.47. The number of amides is 2. The number of likely N-dealkylation sites (N-methyl/N-ethyl adjacent to an activating group) is 1. The summed E-state index contributed by atoms with van der Waals surface area (Å²) in [4.78, 5) is 28.1. The van der Waals surface area contributed by atoms with E-state index in [-0.39, 0.29) is 16.7 Å². The Bertz CT molecular complexity index is 816. The highest BCUT2D eigenvalue weighted by molar-refractivity contribution is 8.18. The van der Waals surface area contributed by atoms with E-state index in [1.807, 2.05) is 0 Å². The Balaban J connectivity index is 2.11. The van der Waals surface area contributed by atoms with Crippen LogP contribution < -0.4 is 9.64 Å². The number of thioether (sulfide) groups is 1. The van der Waals surface area contributed by atoms with Gasteiger partial charge in [0.2, 0.25) is 0 Å². The second-order valence-electron chi connectivity index (χ2n) is 7.96. The van der Waals surface area contributed by atoms with Crippen molar-refractivity contribution in [2.75, 3.05) is 25.6 Å². The van der Waals surface area contributed by atoms with Crippen LogP contribution in [0.15, 0.2) is 17.0 Å². The number of imide groups is 1. The molecule has 146 valence electrons. The Hall–Kier alpha value is -1.95. The Morgan fingerprint density at radius 3 is 2.59 bits per heavy atom. The van der Waals surface area contributed by atoms with Crippen LogP contribution in [0.2, 0.25) is 0 Å². The third kappa shape index (κ3) is 3.47. The minimum absolute atomic E-state index is 0.0832. The highest BCUT2D eigenvalue weighted by Gasteiger charge is 2.37. The summed E-state index contributed by atoms with van der Waals surface area (Å²) < 4.78 is 5.65. The quantitative estimate of drug-likeness (QED) is 0.689. The number of rotatable bonds is 4. The average Bonchev–Trinajstić information content (AvgIpc) is 2.85. The highest BCUT2D eigenvalue weighted by atomic mass is 32.2. The van der Waals surface area contributed by atoms with Gasteiger partial charge in [0.25, 0.3) is 11.1 Å². The van der Waals surface area contributed by atoms with Gasteiger partial charge in [0.05, 0.1) is 12.0 Å². The smallest absolute Gasteiger partial charge is 0.293 e. The van der Waals surface area contributed by atoms with Gasteiger partial charge in [-0.15, -0.1) is 0 Å². The number of carbonyl (C=O) groups excluding carboxylic acids is 2. The van der Waals surface area contributed by atoms with Gasteiger partial charge in [0.15, 0.2) is 0 Å². The summed E-state index contributed by atoms with van der Waals surface area (Å²) in [5.74, 6) is 0.872. The monoisotopic (exact) mass is 388 g/mol. The van der Waals surface area contributed by atoms with Crippen molar-refractivity contribution in [3.05, 3.63) is 28.2 Å². The molecule has 2 aliphatic heterocycles. The molecule has 2 heterocycles. The van der Waals surface area contributed by atoms with Crippen molar-refractivity contribution in [3.8, 4) is 5.75 Å². The van der Waals surface area contributed by atoms with Gasteiger partial charge in [-0.25, -0.2) is 0 Å². The van der Waals surface area contributed by atoms with Crippen LogP contribution in [0.25, 0.3) is 6.08 Å². The molecule has 0 saturated carbocycles. The molecule has 5 nitrogen and oxygen atoms in total. The minimum Gasteiger partial charge on any atom is -0.496 e. The molecule has 1 fully saturated rings. The molecule has 27 heavy (non-hydrogen) atoms. The lowest BCUT2D eigenvalue weighted by atomic mass is 9.79. The van der Waals surface area contributed by atoms with Crippen LogP contribution in [-0.2, 0) is 4.79 Å². The Morgan fingerprint density at radius 1 is 1.33 bits per heavy atom. The molecule has 0 N–H and O–H groups in total. The largest absolute Gasteiger partial charge is 0.496 e. The number of carbonyl (C=O) groups is 2. The van der Waals surface area contributed by atoms with E-state index in [0.29, 0.717) is 10.8 Å². The third-order valence-corrected chi connectivity index (χ3v) is 6.42. The second-order valence-corrected chi connectivity index (χ2v) is 8.96. The van der Waals surface area contributed by atoms with Gasteiger partial charge in [-0.3, -0.25) is 14.5 Å². The van der Waals surface area contributed by atoms with Crippen LogP contribution >= 0.6 is 11.8 Å². The molecule has 1 atom stereocenters. The van der Waals surface area contributed by atoms with E-state index in [0.717, 1.165) is 47.4 Å². The van der Waals surface area contributed by atoms with Crippen LogP contribution in [-0.4, -0.2) is 42.3 Å². The molecule has 0 aliphatic carbocycles. The molecule has 1 aromatic rings. The molecule has 1 unspecified atom stereocenters. The van der Waals surface area contributed by atoms with Gasteiger partial charge >= 0.3 is 0 Å². The van der Waals surface area contributed by atoms with Crippen molar-refractivity contribution in [2.24, 2.45) is 0 Å². The SMILES string of the molecule is CCCN1c2cc(OC)c(/C=C3\SC(=O)N(C)C3=O)cc2C(C)CC1(C)C. The predicted molar refractivity (Wildman–Crippen MR) is 111 cm³/mol. The fourth-order valence-corrected chi connectivity index (χ4v) is 4.97. The van der Waals surface area contributed by atoms with Crippen LogP contribution in [0.4, 0.5) is 10.5 Å². The Labute approximate surface area is 165 Å². The van der Waals surface area contributed by atoms with E-state index in [4.69, 9.17) is 4.74 Å². The Morgan fingerprint density at radius 2 is 2.04 bits per heavy atom. The molecule has 2 aliphatic rings. The first-order valence-electron chi connectivity index (χ1n) is 9.40. The van der Waals surface area contributed by atoms with Crippen molar-refractivity contribution >= 4 is 34.7 Å². The summed E-state index contributed by atoms with van der Waals surface area (Å²) in [6.07, 6.45) is 3.92. The number of fused-ring (bicyclic) bond motifs is 1. The predicted octanol–water partition coefficient (Wildman–Crippen LogP) is 4.86. The van der Waals surface area contributed by atoms with E-state index in [1.54, 1.807) is 13.2 Å². The van der Waals surface area contributed by atoms with Gasteiger partial charge in [-0.2, -0.15) is 0 Å². The first-order valence-corrected chi connectivity index (χ1v) is 10.2. The fourth-order valence-electron chi connectivity index (χ4n) is 4.15. The molecule has 0 aromatic heterocycles. The number of hydrogen-bond donors (Lipinski definition) is 0. The lowest BCUT2D eigenvalue weighted by molar-refractivity contribution is -0.121. The molecule has 6 heteroatoms. The van der Waals surface area contributed by atoms with Gasteiger partial charge < -0.3 is 9.64 Å². The van der Waals surface area contributed by atoms with E-state index < -0.39 is 0 Å². The minimum atomic E-state index is -0.258. The van der Waals surface area contributed by atoms with Crippen LogP contribution in [0, 0.1) is 0 Å². The molecule has 3 rings (SSSR count). The summed E-state index contributed by atoms with van der Waals surface area (Å²) in [5.41, 5.74) is 3.40. The zero-order valence-corrected chi connectivity index (χ0v) is 17.8. The number of methoxy groups -OCH3 is 1. The van der Waals surface area contributed by atoms with E-state index in [9.17, 15) is 9.59 Å². The van der Waals surface area contributed by atoms with Crippen LogP contribution in [0.5, 0.6) is 5.75 Å². The summed E-state index contributed by atoms with van der Waals surface area (Å²) in [6.45, 7) is 10.0. The van der Waals surface area contributed by atoms with Gasteiger partial charge in [-0.1, -0.05) is 13.8 Å². The van der Waals surface area contributed by atoms with Crippen molar-refractivity contribution in [3.63, 3.8) is 0 Å². The maximum Gasteiger partial charge on any atom is 0.293 e. The first kappa shape index (κ1) is 19.8. The van der Waals surface area contributed by atoms with Crippen molar-refractivity contribution in [2.45, 2.75) is 52.0 Å². The van der Waals surface area contributed by atoms with Crippen LogP contribution in [0.3, 0.4) is 0 Å². The molecule has 0 spiro atoms. The number of anilines is 1. The topological polar surface area (TPSA) is 49.9 Å². The molecule has 1 saturated heterocycles. The van der Waals surface area contributed by atoms with Crippen molar-refractivity contribution in [1.29, 1.82) is 0 Å². The van der Waals surface area contributed by atoms with E-state index >= 15 is 0 Å². The summed E-state index contributed by atoms with van der Waals surface area (Å²) >= 11 is 0.975. The maximum atomic E-state index is 12.3. The number of hydrogen-bond acceptors (Lipinski definition) is 5. The van der Waals surface area contributed by atoms with E-state index in [2.05, 4.69) is 44.7 Å². The van der Waals surface area contributed by atoms with Crippen LogP contribution in [0.1, 0.15) is 57.6 Å².